The monoisotopic (exact) mass is 871 g/mol. The lowest BCUT2D eigenvalue weighted by molar-refractivity contribution is -0.146. The molecule has 5 aromatic rings. The number of rotatable bonds is 11. The first-order valence-electron chi connectivity index (χ1n) is 19.1. The van der Waals surface area contributed by atoms with Crippen molar-refractivity contribution in [3.63, 3.8) is 0 Å². The second kappa shape index (κ2) is 18.0. The summed E-state index contributed by atoms with van der Waals surface area (Å²) in [6, 6.07) is 25.3. The van der Waals surface area contributed by atoms with Gasteiger partial charge >= 0.3 is 11.9 Å². The third kappa shape index (κ3) is 9.33. The number of carbonyl (C=O) groups excluding carboxylic acids is 1. The number of anilines is 3. The number of aliphatic carboxylic acids is 1. The Kier molecular flexibility index (Phi) is 13.1. The maximum atomic E-state index is 13.7. The van der Waals surface area contributed by atoms with E-state index in [9.17, 15) is 41.4 Å². The van der Waals surface area contributed by atoms with Crippen molar-refractivity contribution in [3.05, 3.63) is 136 Å². The number of hydrogen-bond donors (Lipinski definition) is 4. The number of aliphatic hydroxyl groups is 1. The maximum absolute atomic E-state index is 13.7. The molecule has 2 aliphatic heterocycles. The molecule has 17 heteroatoms. The summed E-state index contributed by atoms with van der Waals surface area (Å²) in [6.45, 7) is 4.19. The number of sulfonamides is 2. The van der Waals surface area contributed by atoms with E-state index in [4.69, 9.17) is 14.6 Å². The molecule has 15 nitrogen and oxygen atoms in total. The molecule has 2 aliphatic rings. The zero-order chi connectivity index (χ0) is 44.2. The summed E-state index contributed by atoms with van der Waals surface area (Å²) in [5, 5.41) is 30.5. The van der Waals surface area contributed by atoms with E-state index in [-0.39, 0.29) is 44.5 Å². The molecule has 320 valence electrons. The molecule has 0 fully saturated rings. The highest BCUT2D eigenvalue weighted by atomic mass is 32.2. The van der Waals surface area contributed by atoms with Gasteiger partial charge in [0, 0.05) is 24.3 Å². The van der Waals surface area contributed by atoms with Crippen molar-refractivity contribution in [2.75, 3.05) is 41.2 Å². The SMILES string of the molecule is COc1ccc(C)cc1S(=O)(=O)N1CCCc2ccc(C(=O)Nc3ccc(C(O)C(=O)O)cc3)cc21.COc1ccc(C)cc1S(=O)(=O)N1CCCc2ccc(C(=O)O)cc21. The molecule has 0 bridgehead atoms. The zero-order valence-electron chi connectivity index (χ0n) is 33.8. The normalized spacial score (nSPS) is 14.0. The van der Waals surface area contributed by atoms with Gasteiger partial charge in [-0.1, -0.05) is 36.4 Å². The standard InChI is InChI=1S/C26H26N2O7S.C18H19NO5S/c1-16-5-12-22(35-2)23(14-16)36(33,34)28-13-3-4-17-6-7-19(15-21(17)28)25(30)27-20-10-8-18(9-11-20)24(29)26(31)32;1-12-5-8-16(24-2)17(10-12)25(22,23)19-9-3-4-13-6-7-14(18(20)21)11-15(13)19/h5-12,14-15,24,29H,3-4,13H2,1-2H3,(H,27,30)(H,31,32);5-8,10-11H,3-4,9H2,1-2H3,(H,20,21). The fourth-order valence-electron chi connectivity index (χ4n) is 7.16. The number of carbonyl (C=O) groups is 3. The van der Waals surface area contributed by atoms with Crippen LogP contribution in [-0.4, -0.2) is 77.3 Å². The number of nitrogens with zero attached hydrogens (tertiary/aromatic N) is 2. The second-order valence-electron chi connectivity index (χ2n) is 14.5. The Balaban J connectivity index is 0.000000218. The van der Waals surface area contributed by atoms with Crippen molar-refractivity contribution in [2.45, 2.75) is 55.4 Å². The van der Waals surface area contributed by atoms with Crippen LogP contribution in [0.15, 0.2) is 107 Å². The third-order valence-corrected chi connectivity index (χ3v) is 14.0. The highest BCUT2D eigenvalue weighted by Gasteiger charge is 2.34. The van der Waals surface area contributed by atoms with Crippen molar-refractivity contribution >= 4 is 55.0 Å². The zero-order valence-corrected chi connectivity index (χ0v) is 35.4. The maximum Gasteiger partial charge on any atom is 0.337 e. The number of aryl methyl sites for hydroxylation is 4. The van der Waals surface area contributed by atoms with Gasteiger partial charge in [0.2, 0.25) is 0 Å². The van der Waals surface area contributed by atoms with Gasteiger partial charge in [0.05, 0.1) is 31.2 Å². The number of hydrogen-bond acceptors (Lipinski definition) is 10. The van der Waals surface area contributed by atoms with E-state index < -0.39 is 44.0 Å². The van der Waals surface area contributed by atoms with Gasteiger partial charge in [-0.3, -0.25) is 13.4 Å². The van der Waals surface area contributed by atoms with E-state index in [1.807, 2.05) is 6.92 Å². The van der Waals surface area contributed by atoms with Gasteiger partial charge in [0.1, 0.15) is 21.3 Å². The molecule has 5 aromatic carbocycles. The quantitative estimate of drug-likeness (QED) is 0.114. The van der Waals surface area contributed by atoms with Crippen molar-refractivity contribution < 1.29 is 56.0 Å². The summed E-state index contributed by atoms with van der Waals surface area (Å²) in [5.41, 5.74) is 5.00. The van der Waals surface area contributed by atoms with Crippen LogP contribution in [0.5, 0.6) is 11.5 Å². The van der Waals surface area contributed by atoms with E-state index in [2.05, 4.69) is 5.32 Å². The summed E-state index contributed by atoms with van der Waals surface area (Å²) >= 11 is 0. The van der Waals surface area contributed by atoms with E-state index in [1.54, 1.807) is 67.6 Å². The van der Waals surface area contributed by atoms with Crippen LogP contribution in [0.2, 0.25) is 0 Å². The molecule has 4 N–H and O–H groups in total. The number of benzene rings is 5. The van der Waals surface area contributed by atoms with Crippen LogP contribution in [0.25, 0.3) is 0 Å². The number of nitrogens with one attached hydrogen (secondary N) is 1. The van der Waals surface area contributed by atoms with E-state index in [0.717, 1.165) is 22.3 Å². The second-order valence-corrected chi connectivity index (χ2v) is 18.1. The number of ether oxygens (including phenoxy) is 2. The van der Waals surface area contributed by atoms with Crippen molar-refractivity contribution in [3.8, 4) is 11.5 Å². The lowest BCUT2D eigenvalue weighted by atomic mass is 10.0. The Morgan fingerprint density at radius 2 is 1.10 bits per heavy atom. The van der Waals surface area contributed by atoms with Crippen molar-refractivity contribution in [1.29, 1.82) is 0 Å². The molecular formula is C44H45N3O12S2. The smallest absolute Gasteiger partial charge is 0.337 e. The minimum absolute atomic E-state index is 0.0661. The fraction of sp³-hybridized carbons (Fsp3) is 0.250. The Hall–Kier alpha value is -6.43. The Bertz CT molecular complexity index is 2720. The van der Waals surface area contributed by atoms with Gasteiger partial charge in [0.25, 0.3) is 26.0 Å². The lowest BCUT2D eigenvalue weighted by Gasteiger charge is -2.31. The van der Waals surface area contributed by atoms with Gasteiger partial charge in [-0.05, 0) is 128 Å². The number of aromatic carboxylic acids is 1. The summed E-state index contributed by atoms with van der Waals surface area (Å²) in [6.07, 6.45) is 1.05. The molecule has 61 heavy (non-hydrogen) atoms. The molecule has 1 amide bonds. The lowest BCUT2D eigenvalue weighted by Crippen LogP contribution is -2.36. The average Bonchev–Trinajstić information content (AvgIpc) is 3.25. The molecule has 0 radical (unpaired) electrons. The molecule has 7 rings (SSSR count). The van der Waals surface area contributed by atoms with Crippen LogP contribution in [0.3, 0.4) is 0 Å². The highest BCUT2D eigenvalue weighted by Crippen LogP contribution is 2.38. The minimum atomic E-state index is -3.96. The Morgan fingerprint density at radius 1 is 0.639 bits per heavy atom. The largest absolute Gasteiger partial charge is 0.495 e. The number of aliphatic hydroxyl groups excluding tert-OH is 1. The highest BCUT2D eigenvalue weighted by molar-refractivity contribution is 7.93. The predicted molar refractivity (Wildman–Crippen MR) is 228 cm³/mol. The number of carboxylic acid groups (broad SMARTS) is 2. The third-order valence-electron chi connectivity index (χ3n) is 10.3. The molecule has 2 heterocycles. The van der Waals surface area contributed by atoms with Gasteiger partial charge in [-0.15, -0.1) is 0 Å². The Labute approximate surface area is 353 Å². The first-order chi connectivity index (χ1) is 29.0. The molecular weight excluding hydrogens is 827 g/mol. The molecule has 1 atom stereocenters. The van der Waals surface area contributed by atoms with Crippen LogP contribution in [0.4, 0.5) is 17.1 Å². The minimum Gasteiger partial charge on any atom is -0.495 e. The number of amides is 1. The number of fused-ring (bicyclic) bond motifs is 2. The van der Waals surface area contributed by atoms with Crippen LogP contribution < -0.4 is 23.4 Å². The number of methoxy groups -OCH3 is 2. The summed E-state index contributed by atoms with van der Waals surface area (Å²) < 4.78 is 67.0. The van der Waals surface area contributed by atoms with Gasteiger partial charge < -0.3 is 30.1 Å². The Morgan fingerprint density at radius 3 is 1.54 bits per heavy atom. The van der Waals surface area contributed by atoms with E-state index >= 15 is 0 Å². The molecule has 0 aromatic heterocycles. The van der Waals surface area contributed by atoms with Crippen molar-refractivity contribution in [1.82, 2.24) is 0 Å². The predicted octanol–water partition coefficient (Wildman–Crippen LogP) is 6.36. The fourth-order valence-corrected chi connectivity index (χ4v) is 10.7. The molecule has 0 saturated carbocycles. The molecule has 0 spiro atoms. The van der Waals surface area contributed by atoms with Crippen LogP contribution >= 0.6 is 0 Å². The first kappa shape index (κ1) is 44.1. The summed E-state index contributed by atoms with van der Waals surface area (Å²) in [7, 11) is -4.98. The van der Waals surface area contributed by atoms with Gasteiger partial charge in [-0.2, -0.15) is 0 Å². The van der Waals surface area contributed by atoms with Crippen LogP contribution in [0, 0.1) is 13.8 Å². The summed E-state index contributed by atoms with van der Waals surface area (Å²) in [4.78, 5) is 35.3. The van der Waals surface area contributed by atoms with Crippen molar-refractivity contribution in [2.24, 2.45) is 0 Å². The number of carboxylic acids is 2. The summed E-state index contributed by atoms with van der Waals surface area (Å²) in [5.74, 6) is -2.40. The first-order valence-corrected chi connectivity index (χ1v) is 22.0. The molecule has 0 saturated heterocycles. The van der Waals surface area contributed by atoms with E-state index in [0.29, 0.717) is 49.3 Å². The van der Waals surface area contributed by atoms with Crippen LogP contribution in [-0.2, 0) is 37.7 Å². The molecule has 0 aliphatic carbocycles. The van der Waals surface area contributed by atoms with Gasteiger partial charge in [0.15, 0.2) is 6.10 Å². The van der Waals surface area contributed by atoms with E-state index in [1.165, 1.54) is 59.2 Å². The average molecular weight is 872 g/mol. The molecule has 1 unspecified atom stereocenters. The van der Waals surface area contributed by atoms with Gasteiger partial charge in [-0.25, -0.2) is 26.4 Å². The van der Waals surface area contributed by atoms with Crippen LogP contribution in [0.1, 0.15) is 67.5 Å². The topological polar surface area (TPSA) is 217 Å².